The summed E-state index contributed by atoms with van der Waals surface area (Å²) in [5, 5.41) is 3.03. The SMILES string of the molecule is CC(=O)[C@H](C)N1CCN(C(=O)NCCCc2ccc3c(n2)CCCC3)CC1. The summed E-state index contributed by atoms with van der Waals surface area (Å²) in [6, 6.07) is 4.32. The van der Waals surface area contributed by atoms with Crippen LogP contribution in [0.5, 0.6) is 0 Å². The predicted octanol–water partition coefficient (Wildman–Crippen LogP) is 2.20. The average molecular weight is 373 g/mol. The van der Waals surface area contributed by atoms with E-state index in [1.54, 1.807) is 6.92 Å². The first-order valence-electron chi connectivity index (χ1n) is 10.3. The number of rotatable bonds is 6. The lowest BCUT2D eigenvalue weighted by molar-refractivity contribution is -0.122. The number of carbonyl (C=O) groups is 2. The lowest BCUT2D eigenvalue weighted by atomic mass is 9.95. The maximum Gasteiger partial charge on any atom is 0.317 e. The van der Waals surface area contributed by atoms with E-state index in [-0.39, 0.29) is 17.9 Å². The largest absolute Gasteiger partial charge is 0.338 e. The van der Waals surface area contributed by atoms with E-state index < -0.39 is 0 Å². The van der Waals surface area contributed by atoms with Crippen LogP contribution >= 0.6 is 0 Å². The number of carbonyl (C=O) groups excluding carboxylic acids is 2. The van der Waals surface area contributed by atoms with Crippen LogP contribution in [-0.2, 0) is 24.1 Å². The molecule has 6 heteroatoms. The number of hydrogen-bond donors (Lipinski definition) is 1. The number of amides is 2. The third kappa shape index (κ3) is 5.28. The second-order valence-electron chi connectivity index (χ2n) is 7.76. The Balaban J connectivity index is 1.36. The fourth-order valence-electron chi connectivity index (χ4n) is 3.91. The van der Waals surface area contributed by atoms with Crippen molar-refractivity contribution in [3.8, 4) is 0 Å². The first kappa shape index (κ1) is 19.8. The van der Waals surface area contributed by atoms with E-state index in [0.717, 1.165) is 44.5 Å². The maximum absolute atomic E-state index is 12.3. The number of piperazine rings is 1. The van der Waals surface area contributed by atoms with E-state index >= 15 is 0 Å². The molecule has 0 spiro atoms. The van der Waals surface area contributed by atoms with E-state index in [9.17, 15) is 9.59 Å². The Morgan fingerprint density at radius 2 is 1.89 bits per heavy atom. The zero-order valence-electron chi connectivity index (χ0n) is 16.7. The number of fused-ring (bicyclic) bond motifs is 1. The van der Waals surface area contributed by atoms with Crippen LogP contribution in [0.4, 0.5) is 4.79 Å². The highest BCUT2D eigenvalue weighted by Gasteiger charge is 2.25. The molecule has 1 aliphatic carbocycles. The van der Waals surface area contributed by atoms with Gasteiger partial charge in [0.2, 0.25) is 0 Å². The molecule has 3 rings (SSSR count). The molecule has 0 saturated carbocycles. The lowest BCUT2D eigenvalue weighted by Gasteiger charge is -2.37. The minimum Gasteiger partial charge on any atom is -0.338 e. The Morgan fingerprint density at radius 3 is 2.63 bits per heavy atom. The van der Waals surface area contributed by atoms with Crippen molar-refractivity contribution in [1.82, 2.24) is 20.1 Å². The van der Waals surface area contributed by atoms with E-state index in [1.165, 1.54) is 24.1 Å². The molecule has 2 aliphatic rings. The van der Waals surface area contributed by atoms with Gasteiger partial charge in [-0.3, -0.25) is 14.7 Å². The molecular weight excluding hydrogens is 340 g/mol. The summed E-state index contributed by atoms with van der Waals surface area (Å²) < 4.78 is 0. The highest BCUT2D eigenvalue weighted by Crippen LogP contribution is 2.19. The topological polar surface area (TPSA) is 65.5 Å². The van der Waals surface area contributed by atoms with Gasteiger partial charge in [-0.25, -0.2) is 4.79 Å². The summed E-state index contributed by atoms with van der Waals surface area (Å²) in [5.74, 6) is 0.184. The third-order valence-electron chi connectivity index (χ3n) is 5.86. The molecule has 0 unspecified atom stereocenters. The standard InChI is InChI=1S/C21H32N4O2/c1-16(17(2)26)24-12-14-25(15-13-24)21(27)22-11-5-7-19-10-9-18-6-3-4-8-20(18)23-19/h9-10,16H,3-8,11-15H2,1-2H3,(H,22,27)/t16-/m0/s1. The fourth-order valence-corrected chi connectivity index (χ4v) is 3.91. The average Bonchev–Trinajstić information content (AvgIpc) is 2.70. The van der Waals surface area contributed by atoms with Gasteiger partial charge in [0.25, 0.3) is 0 Å². The second kappa shape index (κ2) is 9.31. The summed E-state index contributed by atoms with van der Waals surface area (Å²) in [4.78, 5) is 32.6. The number of pyridine rings is 1. The Hall–Kier alpha value is -1.95. The number of aromatic nitrogens is 1. The van der Waals surface area contributed by atoms with E-state index in [0.29, 0.717) is 19.6 Å². The zero-order chi connectivity index (χ0) is 19.2. The highest BCUT2D eigenvalue weighted by atomic mass is 16.2. The van der Waals surface area contributed by atoms with E-state index in [4.69, 9.17) is 4.98 Å². The molecule has 0 bridgehead atoms. The summed E-state index contributed by atoms with van der Waals surface area (Å²) in [5.41, 5.74) is 3.83. The molecule has 1 fully saturated rings. The van der Waals surface area contributed by atoms with Gasteiger partial charge in [-0.05, 0) is 64.0 Å². The number of aryl methyl sites for hydroxylation is 3. The number of nitrogens with zero attached hydrogens (tertiary/aromatic N) is 3. The molecule has 2 amide bonds. The van der Waals surface area contributed by atoms with Crippen LogP contribution in [0.15, 0.2) is 12.1 Å². The van der Waals surface area contributed by atoms with Crippen LogP contribution < -0.4 is 5.32 Å². The number of nitrogens with one attached hydrogen (secondary N) is 1. The second-order valence-corrected chi connectivity index (χ2v) is 7.76. The van der Waals surface area contributed by atoms with Crippen LogP contribution in [0.3, 0.4) is 0 Å². The Bertz CT molecular complexity index is 668. The van der Waals surface area contributed by atoms with Gasteiger partial charge >= 0.3 is 6.03 Å². The number of ketones is 1. The van der Waals surface area contributed by atoms with Crippen molar-refractivity contribution in [3.63, 3.8) is 0 Å². The quantitative estimate of drug-likeness (QED) is 0.778. The summed E-state index contributed by atoms with van der Waals surface area (Å²) >= 11 is 0. The molecule has 1 saturated heterocycles. The van der Waals surface area contributed by atoms with Gasteiger partial charge in [-0.15, -0.1) is 0 Å². The molecule has 0 aromatic carbocycles. The van der Waals surface area contributed by atoms with Gasteiger partial charge < -0.3 is 10.2 Å². The first-order valence-corrected chi connectivity index (χ1v) is 10.3. The molecule has 1 N–H and O–H groups in total. The van der Waals surface area contributed by atoms with Crippen LogP contribution in [0, 0.1) is 0 Å². The van der Waals surface area contributed by atoms with Gasteiger partial charge in [-0.1, -0.05) is 6.07 Å². The van der Waals surface area contributed by atoms with Crippen molar-refractivity contribution >= 4 is 11.8 Å². The van der Waals surface area contributed by atoms with Crippen molar-refractivity contribution < 1.29 is 9.59 Å². The van der Waals surface area contributed by atoms with Crippen molar-refractivity contribution in [1.29, 1.82) is 0 Å². The summed E-state index contributed by atoms with van der Waals surface area (Å²) in [6.07, 6.45) is 6.60. The fraction of sp³-hybridized carbons (Fsp3) is 0.667. The lowest BCUT2D eigenvalue weighted by Crippen LogP contribution is -2.54. The summed E-state index contributed by atoms with van der Waals surface area (Å²) in [6.45, 7) is 7.10. The molecule has 2 heterocycles. The minimum atomic E-state index is -0.0562. The number of Topliss-reactive ketones (excluding diaryl/α,β-unsaturated/α-hetero) is 1. The molecular formula is C21H32N4O2. The normalized spacial score (nSPS) is 18.7. The van der Waals surface area contributed by atoms with Gasteiger partial charge in [-0.2, -0.15) is 0 Å². The number of hydrogen-bond acceptors (Lipinski definition) is 4. The minimum absolute atomic E-state index is 0.00327. The Morgan fingerprint density at radius 1 is 1.15 bits per heavy atom. The molecule has 6 nitrogen and oxygen atoms in total. The van der Waals surface area contributed by atoms with Crippen molar-refractivity contribution in [2.75, 3.05) is 32.7 Å². The van der Waals surface area contributed by atoms with Crippen LogP contribution in [0.25, 0.3) is 0 Å². The van der Waals surface area contributed by atoms with Crippen molar-refractivity contribution in [2.24, 2.45) is 0 Å². The molecule has 27 heavy (non-hydrogen) atoms. The van der Waals surface area contributed by atoms with Crippen LogP contribution in [-0.4, -0.2) is 65.4 Å². The van der Waals surface area contributed by atoms with Crippen LogP contribution in [0.1, 0.15) is 50.1 Å². The van der Waals surface area contributed by atoms with Crippen molar-refractivity contribution in [3.05, 3.63) is 29.1 Å². The van der Waals surface area contributed by atoms with Gasteiger partial charge in [0.15, 0.2) is 0 Å². The van der Waals surface area contributed by atoms with E-state index in [2.05, 4.69) is 22.3 Å². The highest BCUT2D eigenvalue weighted by molar-refractivity contribution is 5.81. The smallest absolute Gasteiger partial charge is 0.317 e. The summed E-state index contributed by atoms with van der Waals surface area (Å²) in [7, 11) is 0. The van der Waals surface area contributed by atoms with E-state index in [1.807, 2.05) is 11.8 Å². The Labute approximate surface area is 162 Å². The predicted molar refractivity (Wildman–Crippen MR) is 106 cm³/mol. The maximum atomic E-state index is 12.3. The molecule has 1 aromatic rings. The monoisotopic (exact) mass is 372 g/mol. The molecule has 1 aromatic heterocycles. The van der Waals surface area contributed by atoms with Crippen LogP contribution in [0.2, 0.25) is 0 Å². The molecule has 148 valence electrons. The molecule has 0 radical (unpaired) electrons. The van der Waals surface area contributed by atoms with Crippen molar-refractivity contribution in [2.45, 2.75) is 58.4 Å². The third-order valence-corrected chi connectivity index (χ3v) is 5.86. The Kier molecular flexibility index (Phi) is 6.83. The molecule has 1 atom stereocenters. The zero-order valence-corrected chi connectivity index (χ0v) is 16.7. The van der Waals surface area contributed by atoms with Gasteiger partial charge in [0, 0.05) is 44.1 Å². The number of urea groups is 1. The van der Waals surface area contributed by atoms with Gasteiger partial charge in [0.1, 0.15) is 5.78 Å². The molecule has 1 aliphatic heterocycles. The van der Waals surface area contributed by atoms with Gasteiger partial charge in [0.05, 0.1) is 6.04 Å². The first-order chi connectivity index (χ1) is 13.0.